The second kappa shape index (κ2) is 4.79. The van der Waals surface area contributed by atoms with Crippen LogP contribution < -0.4 is 0 Å². The summed E-state index contributed by atoms with van der Waals surface area (Å²) in [6.45, 7) is 4.17. The molecular weight excluding hydrogens is 273 g/mol. The summed E-state index contributed by atoms with van der Waals surface area (Å²) in [6.07, 6.45) is -1.15. The first kappa shape index (κ1) is 14.9. The van der Waals surface area contributed by atoms with Crippen molar-refractivity contribution in [2.75, 3.05) is 0 Å². The van der Waals surface area contributed by atoms with E-state index >= 15 is 0 Å². The number of hydrogen-bond donors (Lipinski definition) is 1. The number of hydrogen-bond acceptors (Lipinski definition) is 2. The number of aromatic carboxylic acids is 1. The van der Waals surface area contributed by atoms with Gasteiger partial charge in [0.25, 0.3) is 0 Å². The molecule has 2 rings (SSSR count). The van der Waals surface area contributed by atoms with Crippen molar-refractivity contribution in [3.8, 4) is 0 Å². The minimum Gasteiger partial charge on any atom is -0.478 e. The molecule has 7 heteroatoms. The second-order valence-electron chi connectivity index (χ2n) is 6.05. The van der Waals surface area contributed by atoms with Crippen molar-refractivity contribution in [3.63, 3.8) is 0 Å². The van der Waals surface area contributed by atoms with Crippen molar-refractivity contribution in [2.24, 2.45) is 5.41 Å². The maximum atomic E-state index is 13.1. The van der Waals surface area contributed by atoms with Gasteiger partial charge in [-0.1, -0.05) is 13.8 Å². The Kier molecular flexibility index (Phi) is 3.56. The van der Waals surface area contributed by atoms with E-state index in [1.165, 1.54) is 0 Å². The average Bonchev–Trinajstić information content (AvgIpc) is 2.73. The number of rotatable bonds is 2. The van der Waals surface area contributed by atoms with Gasteiger partial charge in [0.05, 0.1) is 12.2 Å². The zero-order valence-electron chi connectivity index (χ0n) is 11.4. The number of aromatic nitrogens is 2. The third-order valence-corrected chi connectivity index (χ3v) is 3.95. The Hall–Kier alpha value is -1.53. The van der Waals surface area contributed by atoms with Gasteiger partial charge in [0, 0.05) is 0 Å². The summed E-state index contributed by atoms with van der Waals surface area (Å²) in [5.41, 5.74) is -1.80. The van der Waals surface area contributed by atoms with E-state index in [0.717, 1.165) is 23.7 Å². The molecule has 0 aromatic carbocycles. The van der Waals surface area contributed by atoms with Crippen LogP contribution in [-0.2, 0) is 6.18 Å². The largest absolute Gasteiger partial charge is 0.478 e. The highest BCUT2D eigenvalue weighted by atomic mass is 19.4. The SMILES string of the molecule is CC1(C)CCC(n2ncc(C(=O)O)c2C(F)(F)F)CC1. The normalized spacial score (nSPS) is 20.1. The molecule has 1 aliphatic carbocycles. The molecule has 4 nitrogen and oxygen atoms in total. The Balaban J connectivity index is 2.36. The van der Waals surface area contributed by atoms with Crippen LogP contribution in [0.2, 0.25) is 0 Å². The zero-order chi connectivity index (χ0) is 15.1. The molecule has 0 amide bonds. The van der Waals surface area contributed by atoms with E-state index in [-0.39, 0.29) is 11.5 Å². The van der Waals surface area contributed by atoms with Crippen molar-refractivity contribution >= 4 is 5.97 Å². The molecule has 0 aliphatic heterocycles. The summed E-state index contributed by atoms with van der Waals surface area (Å²) in [5.74, 6) is -1.60. The van der Waals surface area contributed by atoms with Gasteiger partial charge in [-0.25, -0.2) is 4.79 Å². The van der Waals surface area contributed by atoms with E-state index < -0.39 is 23.4 Å². The monoisotopic (exact) mass is 290 g/mol. The molecule has 1 aliphatic rings. The van der Waals surface area contributed by atoms with Crippen LogP contribution in [-0.4, -0.2) is 20.9 Å². The fraction of sp³-hybridized carbons (Fsp3) is 0.692. The fourth-order valence-corrected chi connectivity index (χ4v) is 2.71. The lowest BCUT2D eigenvalue weighted by Gasteiger charge is -2.35. The first-order chi connectivity index (χ1) is 9.12. The van der Waals surface area contributed by atoms with Crippen LogP contribution in [0.4, 0.5) is 13.2 Å². The van der Waals surface area contributed by atoms with Gasteiger partial charge < -0.3 is 5.11 Å². The van der Waals surface area contributed by atoms with E-state index in [1.807, 2.05) is 0 Å². The number of carbonyl (C=O) groups is 1. The maximum Gasteiger partial charge on any atom is 0.433 e. The van der Waals surface area contributed by atoms with Crippen molar-refractivity contribution in [3.05, 3.63) is 17.5 Å². The van der Waals surface area contributed by atoms with E-state index in [1.54, 1.807) is 0 Å². The summed E-state index contributed by atoms with van der Waals surface area (Å²) >= 11 is 0. The predicted octanol–water partition coefficient (Wildman–Crippen LogP) is 3.74. The second-order valence-corrected chi connectivity index (χ2v) is 6.05. The summed E-state index contributed by atoms with van der Waals surface area (Å²) < 4.78 is 40.1. The molecule has 0 radical (unpaired) electrons. The molecule has 0 spiro atoms. The van der Waals surface area contributed by atoms with Crippen LogP contribution >= 0.6 is 0 Å². The van der Waals surface area contributed by atoms with E-state index in [2.05, 4.69) is 18.9 Å². The quantitative estimate of drug-likeness (QED) is 0.902. The first-order valence-electron chi connectivity index (χ1n) is 6.50. The van der Waals surface area contributed by atoms with Crippen molar-refractivity contribution in [1.82, 2.24) is 9.78 Å². The molecule has 1 fully saturated rings. The number of halogens is 3. The summed E-state index contributed by atoms with van der Waals surface area (Å²) in [5, 5.41) is 12.6. The van der Waals surface area contributed by atoms with Crippen LogP contribution in [0.3, 0.4) is 0 Å². The molecular formula is C13H17F3N2O2. The molecule has 0 unspecified atom stereocenters. The minimum absolute atomic E-state index is 0.123. The van der Waals surface area contributed by atoms with Crippen LogP contribution in [0, 0.1) is 5.41 Å². The highest BCUT2D eigenvalue weighted by Crippen LogP contribution is 2.42. The van der Waals surface area contributed by atoms with E-state index in [9.17, 15) is 18.0 Å². The number of nitrogens with zero attached hydrogens (tertiary/aromatic N) is 2. The first-order valence-corrected chi connectivity index (χ1v) is 6.50. The topological polar surface area (TPSA) is 55.1 Å². The number of carboxylic acids is 1. The predicted molar refractivity (Wildman–Crippen MR) is 65.5 cm³/mol. The van der Waals surface area contributed by atoms with Gasteiger partial charge >= 0.3 is 12.1 Å². The summed E-state index contributed by atoms with van der Waals surface area (Å²) in [7, 11) is 0. The fourth-order valence-electron chi connectivity index (χ4n) is 2.71. The lowest BCUT2D eigenvalue weighted by atomic mass is 9.75. The van der Waals surface area contributed by atoms with Gasteiger partial charge in [0.15, 0.2) is 5.69 Å². The van der Waals surface area contributed by atoms with Gasteiger partial charge in [0.2, 0.25) is 0 Å². The lowest BCUT2D eigenvalue weighted by molar-refractivity contribution is -0.145. The number of alkyl halides is 3. The van der Waals surface area contributed by atoms with Crippen LogP contribution in [0.15, 0.2) is 6.20 Å². The molecule has 1 saturated carbocycles. The lowest BCUT2D eigenvalue weighted by Crippen LogP contribution is -2.27. The average molecular weight is 290 g/mol. The van der Waals surface area contributed by atoms with Gasteiger partial charge in [-0.2, -0.15) is 18.3 Å². The molecule has 20 heavy (non-hydrogen) atoms. The third-order valence-electron chi connectivity index (χ3n) is 3.95. The van der Waals surface area contributed by atoms with Crippen LogP contribution in [0.5, 0.6) is 0 Å². The minimum atomic E-state index is -4.71. The zero-order valence-corrected chi connectivity index (χ0v) is 11.4. The number of carboxylic acid groups (broad SMARTS) is 1. The van der Waals surface area contributed by atoms with Gasteiger partial charge in [-0.05, 0) is 31.1 Å². The van der Waals surface area contributed by atoms with Gasteiger partial charge in [-0.3, -0.25) is 4.68 Å². The molecule has 1 aromatic rings. The highest BCUT2D eigenvalue weighted by Gasteiger charge is 2.42. The summed E-state index contributed by atoms with van der Waals surface area (Å²) in [6, 6.07) is -0.382. The Labute approximate surface area is 114 Å². The molecule has 0 atom stereocenters. The Morgan fingerprint density at radius 3 is 2.40 bits per heavy atom. The van der Waals surface area contributed by atoms with Crippen molar-refractivity contribution in [1.29, 1.82) is 0 Å². The molecule has 0 saturated heterocycles. The van der Waals surface area contributed by atoms with Crippen molar-refractivity contribution < 1.29 is 23.1 Å². The van der Waals surface area contributed by atoms with Crippen LogP contribution in [0.1, 0.15) is 61.6 Å². The summed E-state index contributed by atoms with van der Waals surface area (Å²) in [4.78, 5) is 10.9. The van der Waals surface area contributed by atoms with E-state index in [4.69, 9.17) is 5.11 Å². The third kappa shape index (κ3) is 2.81. The smallest absolute Gasteiger partial charge is 0.433 e. The molecule has 1 aromatic heterocycles. The molecule has 1 heterocycles. The molecule has 1 N–H and O–H groups in total. The molecule has 112 valence electrons. The standard InChI is InChI=1S/C13H17F3N2O2/c1-12(2)5-3-8(4-6-12)18-10(13(14,15)16)9(7-17-18)11(19)20/h7-8H,3-6H2,1-2H3,(H,19,20). The van der Waals surface area contributed by atoms with E-state index in [0.29, 0.717) is 12.8 Å². The Morgan fingerprint density at radius 1 is 1.40 bits per heavy atom. The van der Waals surface area contributed by atoms with Gasteiger partial charge in [0.1, 0.15) is 5.56 Å². The Bertz CT molecular complexity index is 510. The van der Waals surface area contributed by atoms with Crippen LogP contribution in [0.25, 0.3) is 0 Å². The Morgan fingerprint density at radius 2 is 1.95 bits per heavy atom. The van der Waals surface area contributed by atoms with Gasteiger partial charge in [-0.15, -0.1) is 0 Å². The van der Waals surface area contributed by atoms with Crippen molar-refractivity contribution in [2.45, 2.75) is 51.7 Å². The highest BCUT2D eigenvalue weighted by molar-refractivity contribution is 5.88. The molecule has 0 bridgehead atoms. The maximum absolute atomic E-state index is 13.1.